The summed E-state index contributed by atoms with van der Waals surface area (Å²) in [7, 11) is 0. The van der Waals surface area contributed by atoms with E-state index in [2.05, 4.69) is 17.0 Å². The van der Waals surface area contributed by atoms with Crippen LogP contribution in [0.2, 0.25) is 0 Å². The van der Waals surface area contributed by atoms with E-state index < -0.39 is 0 Å². The summed E-state index contributed by atoms with van der Waals surface area (Å²) in [5.74, 6) is -0.705. The summed E-state index contributed by atoms with van der Waals surface area (Å²) >= 11 is 0. The van der Waals surface area contributed by atoms with Crippen LogP contribution < -0.4 is 9.80 Å². The first-order chi connectivity index (χ1) is 13.1. The lowest BCUT2D eigenvalue weighted by atomic mass is 10.1. The summed E-state index contributed by atoms with van der Waals surface area (Å²) in [4.78, 5) is 31.0. The largest absolute Gasteiger partial charge is 0.368 e. The van der Waals surface area contributed by atoms with Gasteiger partial charge in [0.15, 0.2) is 0 Å². The molecule has 6 heteroatoms. The summed E-state index contributed by atoms with van der Waals surface area (Å²) in [5, 5.41) is 0. The predicted molar refractivity (Wildman–Crippen MR) is 102 cm³/mol. The monoisotopic (exact) mass is 367 g/mol. The van der Waals surface area contributed by atoms with Crippen molar-refractivity contribution in [2.45, 2.75) is 6.42 Å². The van der Waals surface area contributed by atoms with Crippen LogP contribution in [0.5, 0.6) is 0 Å². The van der Waals surface area contributed by atoms with Gasteiger partial charge in [-0.25, -0.2) is 4.39 Å². The molecule has 2 fully saturated rings. The fourth-order valence-corrected chi connectivity index (χ4v) is 3.83. The molecule has 0 N–H and O–H groups in total. The maximum atomic E-state index is 13.1. The first-order valence-electron chi connectivity index (χ1n) is 9.26. The lowest BCUT2D eigenvalue weighted by Gasteiger charge is -2.37. The van der Waals surface area contributed by atoms with Crippen LogP contribution in [0.4, 0.5) is 15.8 Å². The fraction of sp³-hybridized carbons (Fsp3) is 0.333. The number of rotatable bonds is 3. The van der Waals surface area contributed by atoms with Gasteiger partial charge in [-0.2, -0.15) is 0 Å². The standard InChI is InChI=1S/C21H22FN3O2/c22-17-6-8-19(9-7-17)25-15-16(14-20(25)26)21(27)24-12-10-23(11-13-24)18-4-2-1-3-5-18/h1-9,16H,10-15H2/t16-/m0/s1. The molecule has 27 heavy (non-hydrogen) atoms. The van der Waals surface area contributed by atoms with Gasteiger partial charge in [-0.1, -0.05) is 18.2 Å². The molecule has 1 atom stereocenters. The lowest BCUT2D eigenvalue weighted by Crippen LogP contribution is -2.50. The van der Waals surface area contributed by atoms with Crippen LogP contribution in [0.1, 0.15) is 6.42 Å². The van der Waals surface area contributed by atoms with E-state index in [1.165, 1.54) is 17.8 Å². The van der Waals surface area contributed by atoms with E-state index in [4.69, 9.17) is 0 Å². The molecule has 0 aromatic heterocycles. The molecule has 0 spiro atoms. The van der Waals surface area contributed by atoms with Crippen molar-refractivity contribution in [2.75, 3.05) is 42.5 Å². The van der Waals surface area contributed by atoms with Gasteiger partial charge in [-0.05, 0) is 36.4 Å². The average molecular weight is 367 g/mol. The molecule has 0 bridgehead atoms. The van der Waals surface area contributed by atoms with Crippen molar-refractivity contribution in [1.29, 1.82) is 0 Å². The molecule has 2 aromatic rings. The molecule has 2 aliphatic rings. The normalized spacial score (nSPS) is 20.3. The predicted octanol–water partition coefficient (Wildman–Crippen LogP) is 2.53. The van der Waals surface area contributed by atoms with E-state index in [-0.39, 0.29) is 30.0 Å². The number of carbonyl (C=O) groups excluding carboxylic acids is 2. The molecule has 2 saturated heterocycles. The second kappa shape index (κ2) is 7.39. The average Bonchev–Trinajstić information content (AvgIpc) is 3.10. The van der Waals surface area contributed by atoms with Gasteiger partial charge in [0.1, 0.15) is 5.82 Å². The zero-order chi connectivity index (χ0) is 18.8. The van der Waals surface area contributed by atoms with Crippen molar-refractivity contribution in [3.05, 3.63) is 60.4 Å². The van der Waals surface area contributed by atoms with Gasteiger partial charge < -0.3 is 14.7 Å². The minimum absolute atomic E-state index is 0.0423. The summed E-state index contributed by atoms with van der Waals surface area (Å²) < 4.78 is 13.1. The van der Waals surface area contributed by atoms with Gasteiger partial charge in [0.05, 0.1) is 5.92 Å². The van der Waals surface area contributed by atoms with E-state index in [1.54, 1.807) is 17.0 Å². The number of hydrogen-bond donors (Lipinski definition) is 0. The van der Waals surface area contributed by atoms with Gasteiger partial charge >= 0.3 is 0 Å². The Balaban J connectivity index is 1.36. The molecule has 4 rings (SSSR count). The second-order valence-corrected chi connectivity index (χ2v) is 7.03. The van der Waals surface area contributed by atoms with Crippen LogP contribution in [0.3, 0.4) is 0 Å². The molecule has 2 amide bonds. The van der Waals surface area contributed by atoms with E-state index in [0.29, 0.717) is 25.3 Å². The third kappa shape index (κ3) is 3.65. The Kier molecular flexibility index (Phi) is 4.79. The number of benzene rings is 2. The van der Waals surface area contributed by atoms with Crippen LogP contribution in [0.15, 0.2) is 54.6 Å². The Hall–Kier alpha value is -2.89. The molecule has 2 heterocycles. The highest BCUT2D eigenvalue weighted by Crippen LogP contribution is 2.27. The summed E-state index contributed by atoms with van der Waals surface area (Å²) in [6.07, 6.45) is 0.217. The molecule has 0 radical (unpaired) electrons. The van der Waals surface area contributed by atoms with Crippen molar-refractivity contribution in [1.82, 2.24) is 4.90 Å². The Labute approximate surface area is 158 Å². The van der Waals surface area contributed by atoms with Crippen molar-refractivity contribution in [3.8, 4) is 0 Å². The highest BCUT2D eigenvalue weighted by molar-refractivity contribution is 6.00. The summed E-state index contributed by atoms with van der Waals surface area (Å²) in [5.41, 5.74) is 1.81. The highest BCUT2D eigenvalue weighted by atomic mass is 19.1. The first kappa shape index (κ1) is 17.5. The number of piperazine rings is 1. The number of amides is 2. The molecular weight excluding hydrogens is 345 g/mol. The van der Waals surface area contributed by atoms with Crippen molar-refractivity contribution in [2.24, 2.45) is 5.92 Å². The number of para-hydroxylation sites is 1. The van der Waals surface area contributed by atoms with Gasteiger partial charge in [-0.15, -0.1) is 0 Å². The smallest absolute Gasteiger partial charge is 0.228 e. The van der Waals surface area contributed by atoms with Crippen molar-refractivity contribution in [3.63, 3.8) is 0 Å². The molecule has 0 unspecified atom stereocenters. The van der Waals surface area contributed by atoms with Crippen LogP contribution >= 0.6 is 0 Å². The van der Waals surface area contributed by atoms with Gasteiger partial charge in [0.25, 0.3) is 0 Å². The van der Waals surface area contributed by atoms with E-state index in [1.807, 2.05) is 23.1 Å². The third-order valence-electron chi connectivity index (χ3n) is 5.33. The quantitative estimate of drug-likeness (QED) is 0.837. The molecule has 0 aliphatic carbocycles. The minimum atomic E-state index is -0.339. The highest BCUT2D eigenvalue weighted by Gasteiger charge is 2.37. The van der Waals surface area contributed by atoms with Gasteiger partial charge in [-0.3, -0.25) is 9.59 Å². The van der Waals surface area contributed by atoms with Gasteiger partial charge in [0, 0.05) is 50.5 Å². The summed E-state index contributed by atoms with van der Waals surface area (Å²) in [6.45, 7) is 3.27. The van der Waals surface area contributed by atoms with E-state index in [9.17, 15) is 14.0 Å². The van der Waals surface area contributed by atoms with E-state index in [0.717, 1.165) is 13.1 Å². The van der Waals surface area contributed by atoms with Crippen LogP contribution in [0, 0.1) is 11.7 Å². The van der Waals surface area contributed by atoms with Crippen LogP contribution in [-0.4, -0.2) is 49.4 Å². The van der Waals surface area contributed by atoms with E-state index >= 15 is 0 Å². The van der Waals surface area contributed by atoms with Crippen molar-refractivity contribution >= 4 is 23.2 Å². The molecule has 5 nitrogen and oxygen atoms in total. The fourth-order valence-electron chi connectivity index (χ4n) is 3.83. The second-order valence-electron chi connectivity index (χ2n) is 7.03. The first-order valence-corrected chi connectivity index (χ1v) is 9.26. The number of nitrogens with zero attached hydrogens (tertiary/aromatic N) is 3. The third-order valence-corrected chi connectivity index (χ3v) is 5.33. The Morgan fingerprint density at radius 3 is 2.22 bits per heavy atom. The number of hydrogen-bond acceptors (Lipinski definition) is 3. The van der Waals surface area contributed by atoms with Gasteiger partial charge in [0.2, 0.25) is 11.8 Å². The van der Waals surface area contributed by atoms with Crippen LogP contribution in [0.25, 0.3) is 0 Å². The molecule has 0 saturated carbocycles. The molecule has 140 valence electrons. The van der Waals surface area contributed by atoms with Crippen molar-refractivity contribution < 1.29 is 14.0 Å². The number of carbonyl (C=O) groups is 2. The molecule has 2 aliphatic heterocycles. The van der Waals surface area contributed by atoms with Crippen LogP contribution in [-0.2, 0) is 9.59 Å². The molecular formula is C21H22FN3O2. The Morgan fingerprint density at radius 2 is 1.56 bits per heavy atom. The SMILES string of the molecule is O=C([C@H]1CC(=O)N(c2ccc(F)cc2)C1)N1CCN(c2ccccc2)CC1. The number of halogens is 1. The zero-order valence-corrected chi connectivity index (χ0v) is 15.1. The Bertz CT molecular complexity index is 817. The Morgan fingerprint density at radius 1 is 0.889 bits per heavy atom. The maximum Gasteiger partial charge on any atom is 0.228 e. The number of anilines is 2. The minimum Gasteiger partial charge on any atom is -0.368 e. The molecule has 2 aromatic carbocycles. The summed E-state index contributed by atoms with van der Waals surface area (Å²) in [6, 6.07) is 16.0. The maximum absolute atomic E-state index is 13.1. The topological polar surface area (TPSA) is 43.9 Å². The lowest BCUT2D eigenvalue weighted by molar-refractivity contribution is -0.136. The zero-order valence-electron chi connectivity index (χ0n) is 15.1.